The first kappa shape index (κ1) is 18.5. The van der Waals surface area contributed by atoms with Crippen LogP contribution >= 0.6 is 0 Å². The molecule has 1 aliphatic carbocycles. The van der Waals surface area contributed by atoms with Crippen LogP contribution in [0.4, 0.5) is 0 Å². The molecule has 0 bridgehead atoms. The number of rotatable bonds is 7. The molecule has 0 aliphatic heterocycles. The summed E-state index contributed by atoms with van der Waals surface area (Å²) >= 11 is 0. The zero-order valence-corrected chi connectivity index (χ0v) is 15.8. The summed E-state index contributed by atoms with van der Waals surface area (Å²) in [4.78, 5) is 12.8. The Balaban J connectivity index is 1.69. The third-order valence-electron chi connectivity index (χ3n) is 5.18. The highest BCUT2D eigenvalue weighted by Crippen LogP contribution is 2.26. The van der Waals surface area contributed by atoms with Gasteiger partial charge in [0.1, 0.15) is 5.75 Å². The number of para-hydroxylation sites is 1. The van der Waals surface area contributed by atoms with E-state index in [4.69, 9.17) is 4.74 Å². The molecule has 2 atom stereocenters. The summed E-state index contributed by atoms with van der Waals surface area (Å²) in [6.07, 6.45) is 5.93. The van der Waals surface area contributed by atoms with Gasteiger partial charge in [0.2, 0.25) is 0 Å². The van der Waals surface area contributed by atoms with E-state index in [1.54, 1.807) is 0 Å². The van der Waals surface area contributed by atoms with Gasteiger partial charge in [0, 0.05) is 0 Å². The van der Waals surface area contributed by atoms with Crippen LogP contribution in [0.5, 0.6) is 5.75 Å². The number of benzene rings is 2. The number of fused-ring (bicyclic) bond motifs is 1. The molecule has 0 saturated heterocycles. The largest absolute Gasteiger partial charge is 0.481 e. The Labute approximate surface area is 156 Å². The maximum absolute atomic E-state index is 12.8. The molecule has 1 aliphatic rings. The van der Waals surface area contributed by atoms with Gasteiger partial charge < -0.3 is 10.1 Å². The fourth-order valence-corrected chi connectivity index (χ4v) is 3.64. The van der Waals surface area contributed by atoms with Crippen LogP contribution < -0.4 is 10.1 Å². The Morgan fingerprint density at radius 3 is 2.42 bits per heavy atom. The van der Waals surface area contributed by atoms with Crippen LogP contribution in [0.2, 0.25) is 0 Å². The summed E-state index contributed by atoms with van der Waals surface area (Å²) in [7, 11) is 0. The van der Waals surface area contributed by atoms with E-state index < -0.39 is 6.10 Å². The number of carbonyl (C=O) groups is 1. The van der Waals surface area contributed by atoms with Gasteiger partial charge in [0.15, 0.2) is 6.10 Å². The fourth-order valence-electron chi connectivity index (χ4n) is 3.64. The average Bonchev–Trinajstić information content (AvgIpc) is 2.70. The molecule has 0 heterocycles. The Morgan fingerprint density at radius 1 is 1.00 bits per heavy atom. The van der Waals surface area contributed by atoms with Crippen molar-refractivity contribution in [1.82, 2.24) is 5.32 Å². The predicted octanol–water partition coefficient (Wildman–Crippen LogP) is 4.99. The van der Waals surface area contributed by atoms with Crippen LogP contribution in [0.1, 0.15) is 62.3 Å². The Morgan fingerprint density at radius 2 is 1.73 bits per heavy atom. The molecule has 1 amide bonds. The topological polar surface area (TPSA) is 38.3 Å². The van der Waals surface area contributed by atoms with Crippen molar-refractivity contribution in [2.24, 2.45) is 0 Å². The van der Waals surface area contributed by atoms with Crippen molar-refractivity contribution in [1.29, 1.82) is 0 Å². The highest BCUT2D eigenvalue weighted by Gasteiger charge is 2.22. The van der Waals surface area contributed by atoms with E-state index in [0.717, 1.165) is 18.6 Å². The number of hydrogen-bond donors (Lipinski definition) is 1. The maximum Gasteiger partial charge on any atom is 0.261 e. The molecule has 2 aromatic carbocycles. The standard InChI is InChI=1S/C23H29NO2/c1-3-21(19-15-14-17-10-8-9-11-18(17)16-19)24-23(25)22(4-2)26-20-12-6-5-7-13-20/h5-7,12-16,21-22H,3-4,8-11H2,1-2H3,(H,24,25). The lowest BCUT2D eigenvalue weighted by Gasteiger charge is -2.24. The molecule has 1 N–H and O–H groups in total. The number of carbonyl (C=O) groups excluding carboxylic acids is 1. The summed E-state index contributed by atoms with van der Waals surface area (Å²) in [6, 6.07) is 16.3. The summed E-state index contributed by atoms with van der Waals surface area (Å²) < 4.78 is 5.89. The number of aryl methyl sites for hydroxylation is 2. The molecule has 0 aromatic heterocycles. The molecule has 0 spiro atoms. The normalized spacial score (nSPS) is 15.6. The van der Waals surface area contributed by atoms with Crippen LogP contribution in [0.3, 0.4) is 0 Å². The van der Waals surface area contributed by atoms with E-state index in [9.17, 15) is 4.79 Å². The zero-order chi connectivity index (χ0) is 18.4. The van der Waals surface area contributed by atoms with E-state index in [1.165, 1.54) is 36.0 Å². The van der Waals surface area contributed by atoms with Gasteiger partial charge in [0.05, 0.1) is 6.04 Å². The van der Waals surface area contributed by atoms with Gasteiger partial charge in [-0.05, 0) is 67.3 Å². The minimum atomic E-state index is -0.468. The van der Waals surface area contributed by atoms with Gasteiger partial charge in [-0.25, -0.2) is 0 Å². The molecule has 3 heteroatoms. The third kappa shape index (κ3) is 4.46. The Kier molecular flexibility index (Phi) is 6.32. The van der Waals surface area contributed by atoms with Gasteiger partial charge >= 0.3 is 0 Å². The SMILES string of the molecule is CCC(Oc1ccccc1)C(=O)NC(CC)c1ccc2c(c1)CCCC2. The Bertz CT molecular complexity index is 726. The maximum atomic E-state index is 12.8. The van der Waals surface area contributed by atoms with Crippen LogP contribution in [0.25, 0.3) is 0 Å². The Hall–Kier alpha value is -2.29. The molecular weight excluding hydrogens is 322 g/mol. The van der Waals surface area contributed by atoms with Crippen molar-refractivity contribution in [3.63, 3.8) is 0 Å². The molecule has 138 valence electrons. The van der Waals surface area contributed by atoms with E-state index in [-0.39, 0.29) is 11.9 Å². The summed E-state index contributed by atoms with van der Waals surface area (Å²) in [6.45, 7) is 4.09. The highest BCUT2D eigenvalue weighted by atomic mass is 16.5. The number of amides is 1. The van der Waals surface area contributed by atoms with Gasteiger partial charge in [-0.1, -0.05) is 50.2 Å². The summed E-state index contributed by atoms with van der Waals surface area (Å²) in [5.74, 6) is 0.692. The van der Waals surface area contributed by atoms with Gasteiger partial charge in [-0.3, -0.25) is 4.79 Å². The van der Waals surface area contributed by atoms with Crippen molar-refractivity contribution >= 4 is 5.91 Å². The summed E-state index contributed by atoms with van der Waals surface area (Å²) in [5, 5.41) is 3.20. The van der Waals surface area contributed by atoms with Crippen molar-refractivity contribution in [3.8, 4) is 5.75 Å². The van der Waals surface area contributed by atoms with Gasteiger partial charge in [0.25, 0.3) is 5.91 Å². The molecule has 0 radical (unpaired) electrons. The van der Waals surface area contributed by atoms with Crippen LogP contribution in [-0.4, -0.2) is 12.0 Å². The lowest BCUT2D eigenvalue weighted by Crippen LogP contribution is -2.40. The second kappa shape index (κ2) is 8.88. The molecular formula is C23H29NO2. The lowest BCUT2D eigenvalue weighted by atomic mass is 9.88. The van der Waals surface area contributed by atoms with E-state index >= 15 is 0 Å². The lowest BCUT2D eigenvalue weighted by molar-refractivity contribution is -0.128. The quantitative estimate of drug-likeness (QED) is 0.763. The molecule has 3 nitrogen and oxygen atoms in total. The van der Waals surface area contributed by atoms with Crippen molar-refractivity contribution < 1.29 is 9.53 Å². The van der Waals surface area contributed by atoms with E-state index in [0.29, 0.717) is 6.42 Å². The van der Waals surface area contributed by atoms with Crippen molar-refractivity contribution in [2.45, 2.75) is 64.5 Å². The molecule has 0 saturated carbocycles. The zero-order valence-electron chi connectivity index (χ0n) is 15.8. The van der Waals surface area contributed by atoms with Crippen LogP contribution in [0.15, 0.2) is 48.5 Å². The highest BCUT2D eigenvalue weighted by molar-refractivity contribution is 5.81. The number of hydrogen-bond acceptors (Lipinski definition) is 2. The molecule has 3 rings (SSSR count). The van der Waals surface area contributed by atoms with Gasteiger partial charge in [-0.2, -0.15) is 0 Å². The third-order valence-corrected chi connectivity index (χ3v) is 5.18. The molecule has 2 aromatic rings. The predicted molar refractivity (Wildman–Crippen MR) is 105 cm³/mol. The first-order valence-corrected chi connectivity index (χ1v) is 9.85. The second-order valence-corrected chi connectivity index (χ2v) is 7.03. The first-order chi connectivity index (χ1) is 12.7. The second-order valence-electron chi connectivity index (χ2n) is 7.03. The van der Waals surface area contributed by atoms with E-state index in [1.807, 2.05) is 37.3 Å². The van der Waals surface area contributed by atoms with E-state index in [2.05, 4.69) is 30.4 Å². The van der Waals surface area contributed by atoms with Crippen LogP contribution in [-0.2, 0) is 17.6 Å². The minimum absolute atomic E-state index is 0.0307. The van der Waals surface area contributed by atoms with Crippen molar-refractivity contribution in [3.05, 3.63) is 65.2 Å². The van der Waals surface area contributed by atoms with Crippen molar-refractivity contribution in [2.75, 3.05) is 0 Å². The molecule has 26 heavy (non-hydrogen) atoms. The number of nitrogens with one attached hydrogen (secondary N) is 1. The first-order valence-electron chi connectivity index (χ1n) is 9.85. The minimum Gasteiger partial charge on any atom is -0.481 e. The summed E-state index contributed by atoms with van der Waals surface area (Å²) in [5.41, 5.74) is 4.13. The fraction of sp³-hybridized carbons (Fsp3) is 0.435. The number of ether oxygens (including phenoxy) is 1. The van der Waals surface area contributed by atoms with Crippen LogP contribution in [0, 0.1) is 0 Å². The molecule has 0 fully saturated rings. The molecule has 2 unspecified atom stereocenters. The van der Waals surface area contributed by atoms with Gasteiger partial charge in [-0.15, -0.1) is 0 Å². The average molecular weight is 351 g/mol. The monoisotopic (exact) mass is 351 g/mol. The smallest absolute Gasteiger partial charge is 0.261 e.